The summed E-state index contributed by atoms with van der Waals surface area (Å²) in [5, 5.41) is 2.74. The third kappa shape index (κ3) is 3.83. The van der Waals surface area contributed by atoms with Gasteiger partial charge in [0.15, 0.2) is 11.5 Å². The zero-order valence-electron chi connectivity index (χ0n) is 13.6. The average molecular weight is 330 g/mol. The van der Waals surface area contributed by atoms with Crippen molar-refractivity contribution < 1.29 is 18.7 Å². The van der Waals surface area contributed by atoms with Gasteiger partial charge in [0.2, 0.25) is 12.7 Å². The van der Waals surface area contributed by atoms with Crippen LogP contribution in [0.5, 0.6) is 11.5 Å². The molecule has 2 aromatic rings. The number of rotatable bonds is 5. The zero-order chi connectivity index (χ0) is 17.1. The number of anilines is 1. The van der Waals surface area contributed by atoms with Gasteiger partial charge < -0.3 is 14.8 Å². The molecule has 0 aromatic heterocycles. The summed E-state index contributed by atoms with van der Waals surface area (Å²) in [7, 11) is 1.85. The topological polar surface area (TPSA) is 50.8 Å². The number of fused-ring (bicyclic) bond motifs is 1. The number of carbonyl (C=O) groups is 1. The van der Waals surface area contributed by atoms with E-state index in [-0.39, 0.29) is 25.1 Å². The molecule has 0 aliphatic carbocycles. The quantitative estimate of drug-likeness (QED) is 0.916. The van der Waals surface area contributed by atoms with Gasteiger partial charge in [-0.1, -0.05) is 12.1 Å². The number of ether oxygens (including phenoxy) is 2. The van der Waals surface area contributed by atoms with Gasteiger partial charge in [0, 0.05) is 12.2 Å². The van der Waals surface area contributed by atoms with E-state index in [1.165, 1.54) is 12.1 Å². The Morgan fingerprint density at radius 1 is 1.21 bits per heavy atom. The molecule has 0 fully saturated rings. The monoisotopic (exact) mass is 330 g/mol. The number of amides is 1. The lowest BCUT2D eigenvalue weighted by molar-refractivity contribution is -0.117. The molecule has 0 unspecified atom stereocenters. The first-order chi connectivity index (χ1) is 11.5. The second-order valence-electron chi connectivity index (χ2n) is 5.87. The fourth-order valence-electron chi connectivity index (χ4n) is 2.57. The van der Waals surface area contributed by atoms with Crippen molar-refractivity contribution in [3.05, 3.63) is 53.3 Å². The normalized spacial score (nSPS) is 12.5. The highest BCUT2D eigenvalue weighted by Gasteiger charge is 2.15. The minimum absolute atomic E-state index is 0.188. The molecule has 1 aliphatic rings. The van der Waals surface area contributed by atoms with Crippen molar-refractivity contribution in [2.75, 3.05) is 25.7 Å². The summed E-state index contributed by atoms with van der Waals surface area (Å²) in [6.45, 7) is 2.85. The molecule has 0 spiro atoms. The molecule has 126 valence electrons. The van der Waals surface area contributed by atoms with E-state index >= 15 is 0 Å². The van der Waals surface area contributed by atoms with Gasteiger partial charge in [-0.3, -0.25) is 9.69 Å². The molecule has 24 heavy (non-hydrogen) atoms. The maximum atomic E-state index is 13.3. The summed E-state index contributed by atoms with van der Waals surface area (Å²) in [4.78, 5) is 14.0. The van der Waals surface area contributed by atoms with Crippen LogP contribution in [-0.4, -0.2) is 31.2 Å². The zero-order valence-corrected chi connectivity index (χ0v) is 13.6. The Morgan fingerprint density at radius 2 is 2.00 bits per heavy atom. The molecule has 1 amide bonds. The van der Waals surface area contributed by atoms with Crippen molar-refractivity contribution in [1.82, 2.24) is 4.90 Å². The van der Waals surface area contributed by atoms with Crippen LogP contribution in [0.4, 0.5) is 10.1 Å². The SMILES string of the molecule is Cc1ccc(F)cc1NC(=O)CN(C)Cc1ccc2c(c1)OCO2. The van der Waals surface area contributed by atoms with E-state index in [9.17, 15) is 9.18 Å². The van der Waals surface area contributed by atoms with Gasteiger partial charge in [0.25, 0.3) is 0 Å². The van der Waals surface area contributed by atoms with Crippen molar-refractivity contribution in [1.29, 1.82) is 0 Å². The predicted octanol–water partition coefficient (Wildman–Crippen LogP) is 2.93. The number of halogens is 1. The van der Waals surface area contributed by atoms with Crippen LogP contribution >= 0.6 is 0 Å². The molecule has 0 saturated heterocycles. The summed E-state index contributed by atoms with van der Waals surface area (Å²) in [6, 6.07) is 10.1. The van der Waals surface area contributed by atoms with Gasteiger partial charge in [-0.15, -0.1) is 0 Å². The van der Waals surface area contributed by atoms with E-state index in [1.54, 1.807) is 6.07 Å². The van der Waals surface area contributed by atoms with E-state index in [0.717, 1.165) is 22.6 Å². The van der Waals surface area contributed by atoms with E-state index in [1.807, 2.05) is 37.1 Å². The van der Waals surface area contributed by atoms with Crippen molar-refractivity contribution >= 4 is 11.6 Å². The molecule has 3 rings (SSSR count). The summed E-state index contributed by atoms with van der Waals surface area (Å²) >= 11 is 0. The average Bonchev–Trinajstić information content (AvgIpc) is 2.98. The van der Waals surface area contributed by atoms with Crippen LogP contribution in [0.1, 0.15) is 11.1 Å². The van der Waals surface area contributed by atoms with Crippen molar-refractivity contribution in [2.24, 2.45) is 0 Å². The standard InChI is InChI=1S/C18H19FN2O3/c1-12-3-5-14(19)8-15(12)20-18(22)10-21(2)9-13-4-6-16-17(7-13)24-11-23-16/h3-8H,9-11H2,1-2H3,(H,20,22). The lowest BCUT2D eigenvalue weighted by Crippen LogP contribution is -2.30. The lowest BCUT2D eigenvalue weighted by atomic mass is 10.2. The number of likely N-dealkylation sites (N-methyl/N-ethyl adjacent to an activating group) is 1. The number of hydrogen-bond acceptors (Lipinski definition) is 4. The second-order valence-corrected chi connectivity index (χ2v) is 5.87. The molecule has 6 heteroatoms. The number of nitrogens with zero attached hydrogens (tertiary/aromatic N) is 1. The molecule has 0 atom stereocenters. The number of nitrogens with one attached hydrogen (secondary N) is 1. The van der Waals surface area contributed by atoms with Crippen molar-refractivity contribution in [3.8, 4) is 11.5 Å². The Kier molecular flexibility index (Phi) is 4.66. The first-order valence-electron chi connectivity index (χ1n) is 7.64. The summed E-state index contributed by atoms with van der Waals surface area (Å²) in [5.74, 6) is 0.901. The van der Waals surface area contributed by atoms with Gasteiger partial charge in [-0.25, -0.2) is 4.39 Å². The summed E-state index contributed by atoms with van der Waals surface area (Å²) in [6.07, 6.45) is 0. The van der Waals surface area contributed by atoms with Gasteiger partial charge >= 0.3 is 0 Å². The highest BCUT2D eigenvalue weighted by Crippen LogP contribution is 2.32. The first-order valence-corrected chi connectivity index (χ1v) is 7.64. The molecule has 0 bridgehead atoms. The second kappa shape index (κ2) is 6.88. The van der Waals surface area contributed by atoms with Crippen LogP contribution in [-0.2, 0) is 11.3 Å². The van der Waals surface area contributed by atoms with E-state index in [4.69, 9.17) is 9.47 Å². The van der Waals surface area contributed by atoms with Crippen LogP contribution in [0.2, 0.25) is 0 Å². The Balaban J connectivity index is 1.57. The molecule has 1 aliphatic heterocycles. The predicted molar refractivity (Wildman–Crippen MR) is 88.7 cm³/mol. The van der Waals surface area contributed by atoms with Crippen LogP contribution in [0.15, 0.2) is 36.4 Å². The minimum atomic E-state index is -0.371. The van der Waals surface area contributed by atoms with Crippen LogP contribution in [0.25, 0.3) is 0 Å². The van der Waals surface area contributed by atoms with Gasteiger partial charge in [-0.2, -0.15) is 0 Å². The third-order valence-electron chi connectivity index (χ3n) is 3.78. The Bertz CT molecular complexity index is 764. The number of hydrogen-bond donors (Lipinski definition) is 1. The fraction of sp³-hybridized carbons (Fsp3) is 0.278. The molecular weight excluding hydrogens is 311 g/mol. The smallest absolute Gasteiger partial charge is 0.238 e. The third-order valence-corrected chi connectivity index (χ3v) is 3.78. The molecule has 0 saturated carbocycles. The molecular formula is C18H19FN2O3. The van der Waals surface area contributed by atoms with Gasteiger partial charge in [-0.05, 0) is 49.4 Å². The van der Waals surface area contributed by atoms with E-state index in [0.29, 0.717) is 12.2 Å². The molecule has 2 aromatic carbocycles. The van der Waals surface area contributed by atoms with Gasteiger partial charge in [0.1, 0.15) is 5.82 Å². The summed E-state index contributed by atoms with van der Waals surface area (Å²) < 4.78 is 23.9. The maximum Gasteiger partial charge on any atom is 0.238 e. The van der Waals surface area contributed by atoms with Crippen LogP contribution in [0, 0.1) is 12.7 Å². The molecule has 1 N–H and O–H groups in total. The Morgan fingerprint density at radius 3 is 2.83 bits per heavy atom. The van der Waals surface area contributed by atoms with E-state index < -0.39 is 0 Å². The highest BCUT2D eigenvalue weighted by atomic mass is 19.1. The van der Waals surface area contributed by atoms with Crippen molar-refractivity contribution in [3.63, 3.8) is 0 Å². The number of aryl methyl sites for hydroxylation is 1. The number of carbonyl (C=O) groups excluding carboxylic acids is 1. The Hall–Kier alpha value is -2.60. The first kappa shape index (κ1) is 16.3. The maximum absolute atomic E-state index is 13.3. The molecule has 1 heterocycles. The minimum Gasteiger partial charge on any atom is -0.454 e. The summed E-state index contributed by atoms with van der Waals surface area (Å²) in [5.41, 5.74) is 2.34. The van der Waals surface area contributed by atoms with Gasteiger partial charge in [0.05, 0.1) is 6.54 Å². The molecule has 0 radical (unpaired) electrons. The highest BCUT2D eigenvalue weighted by molar-refractivity contribution is 5.92. The van der Waals surface area contributed by atoms with Crippen LogP contribution < -0.4 is 14.8 Å². The molecule has 5 nitrogen and oxygen atoms in total. The van der Waals surface area contributed by atoms with Crippen molar-refractivity contribution in [2.45, 2.75) is 13.5 Å². The number of benzene rings is 2. The van der Waals surface area contributed by atoms with E-state index in [2.05, 4.69) is 5.32 Å². The fourth-order valence-corrected chi connectivity index (χ4v) is 2.57. The largest absolute Gasteiger partial charge is 0.454 e. The van der Waals surface area contributed by atoms with Crippen LogP contribution in [0.3, 0.4) is 0 Å². The Labute approximate surface area is 140 Å². The lowest BCUT2D eigenvalue weighted by Gasteiger charge is -2.17.